The van der Waals surface area contributed by atoms with E-state index in [-0.39, 0.29) is 30.8 Å². The molecule has 0 saturated carbocycles. The summed E-state index contributed by atoms with van der Waals surface area (Å²) in [5.41, 5.74) is 27.0. The molecule has 0 spiro atoms. The Labute approximate surface area is 182 Å². The van der Waals surface area contributed by atoms with Gasteiger partial charge in [-0.3, -0.25) is 19.6 Å². The molecule has 0 aliphatic carbocycles. The second-order valence-corrected chi connectivity index (χ2v) is 7.28. The summed E-state index contributed by atoms with van der Waals surface area (Å²) in [6.07, 6.45) is 1.91. The van der Waals surface area contributed by atoms with Crippen LogP contribution in [0.4, 0.5) is 0 Å². The Morgan fingerprint density at radius 3 is 1.87 bits per heavy atom. The lowest BCUT2D eigenvalue weighted by Crippen LogP contribution is -2.55. The van der Waals surface area contributed by atoms with Gasteiger partial charge in [0.05, 0.1) is 6.04 Å². The molecular weight excluding hydrogens is 406 g/mol. The molecule has 0 aromatic heterocycles. The van der Waals surface area contributed by atoms with Crippen molar-refractivity contribution in [1.29, 1.82) is 0 Å². The average Bonchev–Trinajstić information content (AvgIpc) is 2.69. The average molecular weight is 444 g/mol. The zero-order valence-electron chi connectivity index (χ0n) is 18.2. The molecule has 0 fully saturated rings. The van der Waals surface area contributed by atoms with Crippen LogP contribution in [0.15, 0.2) is 9.98 Å². The molecule has 13 nitrogen and oxygen atoms in total. The fraction of sp³-hybridized carbons (Fsp3) is 0.722. The minimum Gasteiger partial charge on any atom is -0.480 e. The van der Waals surface area contributed by atoms with Crippen LogP contribution in [0.1, 0.15) is 46.0 Å². The van der Waals surface area contributed by atoms with Crippen molar-refractivity contribution in [1.82, 2.24) is 10.6 Å². The normalized spacial score (nSPS) is 14.4. The highest BCUT2D eigenvalue weighted by molar-refractivity contribution is 5.91. The van der Waals surface area contributed by atoms with E-state index < -0.39 is 35.9 Å². The van der Waals surface area contributed by atoms with Gasteiger partial charge in [0.15, 0.2) is 11.9 Å². The minimum atomic E-state index is -1.15. The van der Waals surface area contributed by atoms with Crippen LogP contribution in [0.3, 0.4) is 0 Å². The van der Waals surface area contributed by atoms with Gasteiger partial charge in [0.1, 0.15) is 12.1 Å². The third kappa shape index (κ3) is 12.3. The molecule has 0 aliphatic rings. The highest BCUT2D eigenvalue weighted by Gasteiger charge is 2.30. The number of carboxylic acid groups (broad SMARTS) is 1. The fourth-order valence-electron chi connectivity index (χ4n) is 2.64. The van der Waals surface area contributed by atoms with E-state index in [2.05, 4.69) is 20.6 Å². The first-order valence-electron chi connectivity index (χ1n) is 10.2. The lowest BCUT2D eigenvalue weighted by molar-refractivity contribution is -0.143. The topological polar surface area (TPSA) is 250 Å². The van der Waals surface area contributed by atoms with Crippen LogP contribution >= 0.6 is 0 Å². The van der Waals surface area contributed by atoms with Crippen LogP contribution in [0, 0.1) is 5.92 Å². The van der Waals surface area contributed by atoms with Crippen LogP contribution in [0.25, 0.3) is 0 Å². The third-order valence-corrected chi connectivity index (χ3v) is 4.66. The number of nitrogens with two attached hydrogens (primary N) is 5. The van der Waals surface area contributed by atoms with Gasteiger partial charge in [-0.2, -0.15) is 0 Å². The number of guanidine groups is 2. The number of carboxylic acids is 1. The van der Waals surface area contributed by atoms with Crippen LogP contribution < -0.4 is 39.3 Å². The molecule has 0 aromatic carbocycles. The predicted octanol–water partition coefficient (Wildman–Crippen LogP) is -2.48. The first kappa shape index (κ1) is 27.9. The molecule has 0 aliphatic heterocycles. The summed E-state index contributed by atoms with van der Waals surface area (Å²) in [6, 6.07) is -2.95. The molecule has 0 heterocycles. The van der Waals surface area contributed by atoms with Gasteiger partial charge in [-0.15, -0.1) is 0 Å². The van der Waals surface area contributed by atoms with Crippen LogP contribution in [0.2, 0.25) is 0 Å². The monoisotopic (exact) mass is 443 g/mol. The number of aliphatic carboxylic acids is 1. The van der Waals surface area contributed by atoms with Gasteiger partial charge in [0.2, 0.25) is 11.8 Å². The Hall–Kier alpha value is -3.09. The van der Waals surface area contributed by atoms with Crippen LogP contribution in [0.5, 0.6) is 0 Å². The van der Waals surface area contributed by atoms with E-state index in [1.807, 2.05) is 6.92 Å². The van der Waals surface area contributed by atoms with E-state index in [0.29, 0.717) is 32.2 Å². The van der Waals surface area contributed by atoms with Crippen molar-refractivity contribution >= 4 is 29.7 Å². The molecule has 0 unspecified atom stereocenters. The number of rotatable bonds is 15. The van der Waals surface area contributed by atoms with Crippen molar-refractivity contribution in [3.8, 4) is 0 Å². The maximum atomic E-state index is 12.7. The molecule has 4 atom stereocenters. The summed E-state index contributed by atoms with van der Waals surface area (Å²) in [5.74, 6) is -2.73. The predicted molar refractivity (Wildman–Crippen MR) is 119 cm³/mol. The smallest absolute Gasteiger partial charge is 0.326 e. The molecule has 0 radical (unpaired) electrons. The molecule has 2 amide bonds. The molecule has 13 heteroatoms. The van der Waals surface area contributed by atoms with Gasteiger partial charge in [-0.1, -0.05) is 20.3 Å². The number of hydrogen-bond acceptors (Lipinski definition) is 6. The summed E-state index contributed by atoms with van der Waals surface area (Å²) >= 11 is 0. The summed E-state index contributed by atoms with van der Waals surface area (Å²) in [7, 11) is 0. The SMILES string of the molecule is CC[C@@H](C)[C@@H](NC(=O)[C@H](CCCN=C(N)N)NC(=O)[C@H](N)CCCN=C(N)N)C(=O)O. The first-order valence-corrected chi connectivity index (χ1v) is 10.2. The number of carbonyl (C=O) groups excluding carboxylic acids is 2. The van der Waals surface area contributed by atoms with E-state index in [0.717, 1.165) is 0 Å². The van der Waals surface area contributed by atoms with Crippen molar-refractivity contribution in [3.05, 3.63) is 0 Å². The van der Waals surface area contributed by atoms with Crippen molar-refractivity contribution < 1.29 is 19.5 Å². The second-order valence-electron chi connectivity index (χ2n) is 7.28. The number of amides is 2. The van der Waals surface area contributed by atoms with Gasteiger partial charge < -0.3 is 44.4 Å². The highest BCUT2D eigenvalue weighted by atomic mass is 16.4. The van der Waals surface area contributed by atoms with Crippen molar-refractivity contribution in [3.63, 3.8) is 0 Å². The van der Waals surface area contributed by atoms with Crippen LogP contribution in [-0.2, 0) is 14.4 Å². The van der Waals surface area contributed by atoms with E-state index in [1.165, 1.54) is 0 Å². The summed E-state index contributed by atoms with van der Waals surface area (Å²) < 4.78 is 0. The molecule has 0 bridgehead atoms. The molecule has 0 saturated heterocycles. The molecule has 31 heavy (non-hydrogen) atoms. The lowest BCUT2D eigenvalue weighted by atomic mass is 9.98. The Kier molecular flexibility index (Phi) is 13.3. The van der Waals surface area contributed by atoms with Gasteiger partial charge in [0.25, 0.3) is 0 Å². The molecule has 0 rings (SSSR count). The standard InChI is InChI=1S/C18H37N9O4/c1-3-10(2)13(16(30)31)27-15(29)12(7-5-9-25-18(22)23)26-14(28)11(19)6-4-8-24-17(20)21/h10-13H,3-9,19H2,1-2H3,(H,26,28)(H,27,29)(H,30,31)(H4,20,21,24)(H4,22,23,25)/t10-,11-,12+,13-/m1/s1. The Balaban J connectivity index is 5.11. The number of aliphatic imine (C=N–C) groups is 2. The van der Waals surface area contributed by atoms with Crippen molar-refractivity contribution in [2.24, 2.45) is 44.6 Å². The van der Waals surface area contributed by atoms with Gasteiger partial charge in [-0.05, 0) is 31.6 Å². The second kappa shape index (κ2) is 14.8. The zero-order valence-corrected chi connectivity index (χ0v) is 18.2. The summed E-state index contributed by atoms with van der Waals surface area (Å²) in [4.78, 5) is 44.4. The van der Waals surface area contributed by atoms with Crippen molar-refractivity contribution in [2.45, 2.75) is 64.1 Å². The van der Waals surface area contributed by atoms with Gasteiger partial charge >= 0.3 is 5.97 Å². The van der Waals surface area contributed by atoms with Gasteiger partial charge in [0, 0.05) is 13.1 Å². The maximum absolute atomic E-state index is 12.7. The third-order valence-electron chi connectivity index (χ3n) is 4.66. The summed E-state index contributed by atoms with van der Waals surface area (Å²) in [6.45, 7) is 4.11. The molecule has 178 valence electrons. The van der Waals surface area contributed by atoms with Gasteiger partial charge in [-0.25, -0.2) is 4.79 Å². The Morgan fingerprint density at radius 1 is 0.903 bits per heavy atom. The summed E-state index contributed by atoms with van der Waals surface area (Å²) in [5, 5.41) is 14.5. The fourth-order valence-corrected chi connectivity index (χ4v) is 2.64. The van der Waals surface area contributed by atoms with E-state index >= 15 is 0 Å². The first-order chi connectivity index (χ1) is 14.5. The Bertz CT molecular complexity index is 646. The van der Waals surface area contributed by atoms with Crippen molar-refractivity contribution in [2.75, 3.05) is 13.1 Å². The number of nitrogens with zero attached hydrogens (tertiary/aromatic N) is 2. The quantitative estimate of drug-likeness (QED) is 0.0756. The zero-order chi connectivity index (χ0) is 24.0. The molecular formula is C18H37N9O4. The maximum Gasteiger partial charge on any atom is 0.326 e. The van der Waals surface area contributed by atoms with E-state index in [1.54, 1.807) is 6.92 Å². The molecule has 0 aromatic rings. The highest BCUT2D eigenvalue weighted by Crippen LogP contribution is 2.09. The Morgan fingerprint density at radius 2 is 1.42 bits per heavy atom. The molecule has 13 N–H and O–H groups in total. The van der Waals surface area contributed by atoms with E-state index in [9.17, 15) is 19.5 Å². The minimum absolute atomic E-state index is 0.0511. The largest absolute Gasteiger partial charge is 0.480 e. The lowest BCUT2D eigenvalue weighted by Gasteiger charge is -2.25. The van der Waals surface area contributed by atoms with E-state index in [4.69, 9.17) is 28.7 Å². The number of carbonyl (C=O) groups is 3. The number of nitrogens with one attached hydrogen (secondary N) is 2. The van der Waals surface area contributed by atoms with Crippen LogP contribution in [-0.4, -0.2) is 66.0 Å². The number of hydrogen-bond donors (Lipinski definition) is 8.